The Morgan fingerprint density at radius 3 is 2.60 bits per heavy atom. The van der Waals surface area contributed by atoms with Gasteiger partial charge >= 0.3 is 0 Å². The zero-order valence-electron chi connectivity index (χ0n) is 17.1. The van der Waals surface area contributed by atoms with Crippen LogP contribution in [0.15, 0.2) is 46.6 Å². The van der Waals surface area contributed by atoms with Gasteiger partial charge in [-0.2, -0.15) is 0 Å². The number of benzene rings is 1. The molecule has 1 aromatic heterocycles. The molecule has 0 spiro atoms. The van der Waals surface area contributed by atoms with Gasteiger partial charge in [-0.25, -0.2) is 0 Å². The molecular weight excluding hydrogens is 414 g/mol. The molecule has 2 aliphatic rings. The molecule has 30 heavy (non-hydrogen) atoms. The molecule has 0 atom stereocenters. The number of aryl methyl sites for hydroxylation is 1. The first kappa shape index (κ1) is 20.9. The van der Waals surface area contributed by atoms with E-state index in [0.29, 0.717) is 27.9 Å². The molecule has 156 valence electrons. The molecule has 0 saturated carbocycles. The fourth-order valence-electron chi connectivity index (χ4n) is 4.23. The highest BCUT2D eigenvalue weighted by molar-refractivity contribution is 8.26. The number of nitrogens with zero attached hydrogens (tertiary/aromatic N) is 3. The predicted molar refractivity (Wildman–Crippen MR) is 130 cm³/mol. The molecule has 0 aliphatic carbocycles. The number of carbonyl (C=O) groups is 1. The molecule has 0 bridgehead atoms. The molecule has 2 fully saturated rings. The van der Waals surface area contributed by atoms with E-state index in [1.807, 2.05) is 25.1 Å². The molecule has 4 rings (SSSR count). The van der Waals surface area contributed by atoms with Crippen LogP contribution in [0.3, 0.4) is 0 Å². The molecule has 0 radical (unpaired) electrons. The summed E-state index contributed by atoms with van der Waals surface area (Å²) in [5.41, 5.74) is 2.39. The molecule has 0 N–H and O–H groups in total. The molecule has 3 heterocycles. The summed E-state index contributed by atoms with van der Waals surface area (Å²) in [6.45, 7) is 8.45. The van der Waals surface area contributed by atoms with Crippen molar-refractivity contribution in [1.82, 2.24) is 9.47 Å². The Labute approximate surface area is 186 Å². The van der Waals surface area contributed by atoms with Crippen LogP contribution in [-0.4, -0.2) is 39.3 Å². The SMILES string of the molecule is C=CCN1C(=O)C(=Cc2c(N3CCCCC3)c3ccccc3n(CC)c2=O)SC1=S. The summed E-state index contributed by atoms with van der Waals surface area (Å²) >= 11 is 6.63. The lowest BCUT2D eigenvalue weighted by molar-refractivity contribution is -0.121. The Kier molecular flexibility index (Phi) is 6.11. The van der Waals surface area contributed by atoms with Gasteiger partial charge in [-0.15, -0.1) is 6.58 Å². The second-order valence-electron chi connectivity index (χ2n) is 7.46. The third-order valence-corrected chi connectivity index (χ3v) is 7.01. The highest BCUT2D eigenvalue weighted by atomic mass is 32.2. The Hall–Kier alpha value is -2.38. The number of anilines is 1. The average molecular weight is 440 g/mol. The fourth-order valence-corrected chi connectivity index (χ4v) is 5.49. The maximum absolute atomic E-state index is 13.6. The zero-order chi connectivity index (χ0) is 21.3. The number of thioether (sulfide) groups is 1. The Morgan fingerprint density at radius 1 is 1.17 bits per heavy atom. The van der Waals surface area contributed by atoms with Crippen LogP contribution in [-0.2, 0) is 11.3 Å². The Balaban J connectivity index is 1.96. The van der Waals surface area contributed by atoms with Gasteiger partial charge in [0, 0.05) is 31.6 Å². The maximum atomic E-state index is 13.6. The van der Waals surface area contributed by atoms with Crippen LogP contribution < -0.4 is 10.5 Å². The lowest BCUT2D eigenvalue weighted by Crippen LogP contribution is -2.33. The van der Waals surface area contributed by atoms with Crippen LogP contribution >= 0.6 is 24.0 Å². The van der Waals surface area contributed by atoms with Crippen molar-refractivity contribution in [1.29, 1.82) is 0 Å². The van der Waals surface area contributed by atoms with Gasteiger partial charge in [-0.1, -0.05) is 48.3 Å². The maximum Gasteiger partial charge on any atom is 0.266 e. The van der Waals surface area contributed by atoms with Crippen LogP contribution in [0, 0.1) is 0 Å². The summed E-state index contributed by atoms with van der Waals surface area (Å²) in [5, 5.41) is 1.05. The summed E-state index contributed by atoms with van der Waals surface area (Å²) in [4.78, 5) is 30.8. The van der Waals surface area contributed by atoms with Gasteiger partial charge in [0.2, 0.25) is 0 Å². The molecular formula is C23H25N3O2S2. The van der Waals surface area contributed by atoms with Crippen molar-refractivity contribution >= 4 is 56.9 Å². The first-order valence-corrected chi connectivity index (χ1v) is 11.6. The van der Waals surface area contributed by atoms with Crippen molar-refractivity contribution in [2.75, 3.05) is 24.5 Å². The minimum atomic E-state index is -0.162. The van der Waals surface area contributed by atoms with E-state index in [1.54, 1.807) is 16.7 Å². The fraction of sp³-hybridized carbons (Fsp3) is 0.348. The minimum absolute atomic E-state index is 0.0641. The van der Waals surface area contributed by atoms with Crippen LogP contribution in [0.5, 0.6) is 0 Å². The van der Waals surface area contributed by atoms with E-state index >= 15 is 0 Å². The molecule has 2 aliphatic heterocycles. The molecule has 1 aromatic carbocycles. The van der Waals surface area contributed by atoms with E-state index in [-0.39, 0.29) is 11.5 Å². The Morgan fingerprint density at radius 2 is 1.90 bits per heavy atom. The highest BCUT2D eigenvalue weighted by Gasteiger charge is 2.32. The van der Waals surface area contributed by atoms with Crippen LogP contribution in [0.4, 0.5) is 5.69 Å². The Bertz CT molecular complexity index is 1110. The van der Waals surface area contributed by atoms with E-state index in [4.69, 9.17) is 12.2 Å². The number of hydrogen-bond acceptors (Lipinski definition) is 5. The monoisotopic (exact) mass is 439 g/mol. The van der Waals surface area contributed by atoms with Crippen LogP contribution in [0.25, 0.3) is 17.0 Å². The topological polar surface area (TPSA) is 45.6 Å². The van der Waals surface area contributed by atoms with Crippen molar-refractivity contribution in [2.24, 2.45) is 0 Å². The number of amides is 1. The van der Waals surface area contributed by atoms with E-state index in [1.165, 1.54) is 23.1 Å². The van der Waals surface area contributed by atoms with Crippen molar-refractivity contribution < 1.29 is 4.79 Å². The van der Waals surface area contributed by atoms with Gasteiger partial charge in [0.15, 0.2) is 0 Å². The van der Waals surface area contributed by atoms with Gasteiger partial charge in [0.1, 0.15) is 4.32 Å². The van der Waals surface area contributed by atoms with Gasteiger partial charge in [-0.3, -0.25) is 14.5 Å². The minimum Gasteiger partial charge on any atom is -0.370 e. The second kappa shape index (κ2) is 8.78. The van der Waals surface area contributed by atoms with Gasteiger partial charge < -0.3 is 9.47 Å². The van der Waals surface area contributed by atoms with E-state index in [9.17, 15) is 9.59 Å². The third kappa shape index (κ3) is 3.61. The van der Waals surface area contributed by atoms with Gasteiger partial charge in [0.25, 0.3) is 11.5 Å². The predicted octanol–water partition coefficient (Wildman–Crippen LogP) is 4.40. The summed E-state index contributed by atoms with van der Waals surface area (Å²) in [6.07, 6.45) is 6.83. The molecule has 2 aromatic rings. The number of thiocarbonyl (C=S) groups is 1. The van der Waals surface area contributed by atoms with Crippen molar-refractivity contribution in [3.8, 4) is 0 Å². The average Bonchev–Trinajstić information content (AvgIpc) is 3.03. The number of hydrogen-bond donors (Lipinski definition) is 0. The molecule has 5 nitrogen and oxygen atoms in total. The second-order valence-corrected chi connectivity index (χ2v) is 9.13. The van der Waals surface area contributed by atoms with E-state index in [2.05, 4.69) is 17.5 Å². The largest absolute Gasteiger partial charge is 0.370 e. The summed E-state index contributed by atoms with van der Waals surface area (Å²) in [6, 6.07) is 8.05. The van der Waals surface area contributed by atoms with Crippen LogP contribution in [0.2, 0.25) is 0 Å². The lowest BCUT2D eigenvalue weighted by Gasteiger charge is -2.31. The zero-order valence-corrected chi connectivity index (χ0v) is 18.7. The number of fused-ring (bicyclic) bond motifs is 1. The molecule has 7 heteroatoms. The van der Waals surface area contributed by atoms with Gasteiger partial charge in [-0.05, 0) is 38.3 Å². The summed E-state index contributed by atoms with van der Waals surface area (Å²) < 4.78 is 2.29. The number of rotatable bonds is 5. The standard InChI is InChI=1S/C23H25N3O2S2/c1-3-12-26-22(28)19(30-23(26)29)15-17-20(24-13-8-5-9-14-24)16-10-6-7-11-18(16)25(4-2)21(17)27/h3,6-7,10-11,15H,1,4-5,8-9,12-14H2,2H3. The van der Waals surface area contributed by atoms with Crippen molar-refractivity contribution in [3.05, 3.63) is 57.7 Å². The number of carbonyl (C=O) groups excluding carboxylic acids is 1. The van der Waals surface area contributed by atoms with E-state index in [0.717, 1.165) is 42.5 Å². The van der Waals surface area contributed by atoms with E-state index < -0.39 is 0 Å². The van der Waals surface area contributed by atoms with Crippen LogP contribution in [0.1, 0.15) is 31.7 Å². The third-order valence-electron chi connectivity index (χ3n) is 5.63. The van der Waals surface area contributed by atoms with Crippen molar-refractivity contribution in [3.63, 3.8) is 0 Å². The first-order chi connectivity index (χ1) is 14.6. The number of aromatic nitrogens is 1. The summed E-state index contributed by atoms with van der Waals surface area (Å²) in [5.74, 6) is -0.162. The quantitative estimate of drug-likeness (QED) is 0.393. The highest BCUT2D eigenvalue weighted by Crippen LogP contribution is 2.36. The smallest absolute Gasteiger partial charge is 0.266 e. The lowest BCUT2D eigenvalue weighted by atomic mass is 10.0. The number of piperidine rings is 1. The number of para-hydroxylation sites is 1. The molecule has 2 saturated heterocycles. The molecule has 0 unspecified atom stereocenters. The normalized spacial score (nSPS) is 18.6. The number of pyridine rings is 1. The van der Waals surface area contributed by atoms with Gasteiger partial charge in [0.05, 0.1) is 21.7 Å². The summed E-state index contributed by atoms with van der Waals surface area (Å²) in [7, 11) is 0. The first-order valence-electron chi connectivity index (χ1n) is 10.3. The molecule has 1 amide bonds. The van der Waals surface area contributed by atoms with Crippen molar-refractivity contribution in [2.45, 2.75) is 32.7 Å².